The standard InChI is InChI=1S/C18H22N4O3.ClH/c1-2-24-14-7-4-3-6-13(14)22-11-12(10-15(22)23)16-20-17(21-25-16)18(19)8-5-9-18;/h3-4,6-7,12H,2,5,8-11,19H2,1H3;1H. The third-order valence-corrected chi connectivity index (χ3v) is 5.06. The molecule has 2 aliphatic rings. The fourth-order valence-electron chi connectivity index (χ4n) is 3.45. The van der Waals surface area contributed by atoms with Crippen LogP contribution in [0.4, 0.5) is 5.69 Å². The third kappa shape index (κ3) is 3.17. The van der Waals surface area contributed by atoms with Crippen LogP contribution in [0, 0.1) is 0 Å². The number of anilines is 1. The van der Waals surface area contributed by atoms with Gasteiger partial charge in [0.15, 0.2) is 5.82 Å². The number of ether oxygens (including phenoxy) is 1. The van der Waals surface area contributed by atoms with Crippen LogP contribution in [-0.2, 0) is 10.3 Å². The van der Waals surface area contributed by atoms with E-state index in [4.69, 9.17) is 15.0 Å². The molecule has 1 aliphatic carbocycles. The van der Waals surface area contributed by atoms with Crippen LogP contribution < -0.4 is 15.4 Å². The van der Waals surface area contributed by atoms with Crippen molar-refractivity contribution in [3.63, 3.8) is 0 Å². The second-order valence-electron chi connectivity index (χ2n) is 6.77. The van der Waals surface area contributed by atoms with Crippen molar-refractivity contribution in [1.82, 2.24) is 10.1 Å². The van der Waals surface area contributed by atoms with Gasteiger partial charge < -0.3 is 19.9 Å². The number of hydrogen-bond acceptors (Lipinski definition) is 6. The van der Waals surface area contributed by atoms with Crippen LogP contribution in [0.1, 0.15) is 50.2 Å². The van der Waals surface area contributed by atoms with Gasteiger partial charge in [-0.05, 0) is 38.3 Å². The molecule has 7 nitrogen and oxygen atoms in total. The van der Waals surface area contributed by atoms with E-state index in [2.05, 4.69) is 10.1 Å². The van der Waals surface area contributed by atoms with Gasteiger partial charge in [-0.2, -0.15) is 4.98 Å². The maximum absolute atomic E-state index is 12.5. The number of carbonyl (C=O) groups is 1. The Hall–Kier alpha value is -2.12. The summed E-state index contributed by atoms with van der Waals surface area (Å²) in [4.78, 5) is 18.8. The van der Waals surface area contributed by atoms with Gasteiger partial charge in [0.2, 0.25) is 11.8 Å². The Morgan fingerprint density at radius 1 is 1.38 bits per heavy atom. The zero-order valence-electron chi connectivity index (χ0n) is 14.7. The molecule has 1 saturated heterocycles. The molecular formula is C18H23ClN4O3. The zero-order valence-corrected chi connectivity index (χ0v) is 15.5. The van der Waals surface area contributed by atoms with E-state index in [9.17, 15) is 4.79 Å². The minimum Gasteiger partial charge on any atom is -0.492 e. The van der Waals surface area contributed by atoms with Crippen LogP contribution in [0.3, 0.4) is 0 Å². The second-order valence-corrected chi connectivity index (χ2v) is 6.77. The monoisotopic (exact) mass is 378 g/mol. The molecule has 1 aromatic heterocycles. The fraction of sp³-hybridized carbons (Fsp3) is 0.500. The summed E-state index contributed by atoms with van der Waals surface area (Å²) in [6.45, 7) is 2.98. The number of hydrogen-bond donors (Lipinski definition) is 1. The van der Waals surface area contributed by atoms with Gasteiger partial charge in [-0.15, -0.1) is 12.4 Å². The summed E-state index contributed by atoms with van der Waals surface area (Å²) < 4.78 is 11.1. The Labute approximate surface area is 158 Å². The fourth-order valence-corrected chi connectivity index (χ4v) is 3.45. The lowest BCUT2D eigenvalue weighted by atomic mass is 9.77. The smallest absolute Gasteiger partial charge is 0.232 e. The summed E-state index contributed by atoms with van der Waals surface area (Å²) in [7, 11) is 0. The van der Waals surface area contributed by atoms with E-state index < -0.39 is 5.54 Å². The molecule has 0 spiro atoms. The summed E-state index contributed by atoms with van der Waals surface area (Å²) in [5.74, 6) is 1.68. The molecule has 0 radical (unpaired) electrons. The minimum atomic E-state index is -0.453. The predicted octanol–water partition coefficient (Wildman–Crippen LogP) is 2.75. The Morgan fingerprint density at radius 2 is 2.15 bits per heavy atom. The van der Waals surface area contributed by atoms with Crippen molar-refractivity contribution >= 4 is 24.0 Å². The third-order valence-electron chi connectivity index (χ3n) is 5.06. The van der Waals surface area contributed by atoms with E-state index in [1.165, 1.54) is 0 Å². The molecule has 1 aromatic carbocycles. The lowest BCUT2D eigenvalue weighted by Crippen LogP contribution is -2.44. The number of nitrogens with zero attached hydrogens (tertiary/aromatic N) is 3. The van der Waals surface area contributed by atoms with Crippen molar-refractivity contribution in [2.75, 3.05) is 18.1 Å². The van der Waals surface area contributed by atoms with Gasteiger partial charge in [-0.3, -0.25) is 4.79 Å². The quantitative estimate of drug-likeness (QED) is 0.859. The molecule has 1 unspecified atom stereocenters. The van der Waals surface area contributed by atoms with Gasteiger partial charge in [-0.25, -0.2) is 0 Å². The number of para-hydroxylation sites is 2. The van der Waals surface area contributed by atoms with Gasteiger partial charge in [0, 0.05) is 13.0 Å². The Balaban J connectivity index is 0.00000196. The molecule has 2 heterocycles. The number of halogens is 1. The van der Waals surface area contributed by atoms with Crippen LogP contribution in [0.5, 0.6) is 5.75 Å². The molecule has 140 valence electrons. The van der Waals surface area contributed by atoms with Crippen molar-refractivity contribution in [2.24, 2.45) is 5.73 Å². The van der Waals surface area contributed by atoms with Crippen molar-refractivity contribution in [3.05, 3.63) is 36.0 Å². The molecule has 2 aromatic rings. The molecule has 2 fully saturated rings. The van der Waals surface area contributed by atoms with Gasteiger partial charge in [-0.1, -0.05) is 17.3 Å². The predicted molar refractivity (Wildman–Crippen MR) is 98.6 cm³/mol. The highest BCUT2D eigenvalue weighted by Gasteiger charge is 2.41. The van der Waals surface area contributed by atoms with Gasteiger partial charge in [0.25, 0.3) is 0 Å². The van der Waals surface area contributed by atoms with E-state index in [0.717, 1.165) is 24.9 Å². The summed E-state index contributed by atoms with van der Waals surface area (Å²) >= 11 is 0. The molecule has 1 aliphatic heterocycles. The molecule has 0 bridgehead atoms. The largest absolute Gasteiger partial charge is 0.492 e. The van der Waals surface area contributed by atoms with E-state index in [1.54, 1.807) is 4.90 Å². The van der Waals surface area contributed by atoms with E-state index >= 15 is 0 Å². The number of benzene rings is 1. The Morgan fingerprint density at radius 3 is 2.85 bits per heavy atom. The van der Waals surface area contributed by atoms with Crippen LogP contribution in [0.2, 0.25) is 0 Å². The summed E-state index contributed by atoms with van der Waals surface area (Å²) in [5.41, 5.74) is 6.59. The first-order valence-corrected chi connectivity index (χ1v) is 8.76. The zero-order chi connectivity index (χ0) is 17.4. The highest BCUT2D eigenvalue weighted by Crippen LogP contribution is 2.39. The first-order chi connectivity index (χ1) is 12.1. The average molecular weight is 379 g/mol. The maximum atomic E-state index is 12.5. The summed E-state index contributed by atoms with van der Waals surface area (Å²) in [6, 6.07) is 7.57. The maximum Gasteiger partial charge on any atom is 0.232 e. The lowest BCUT2D eigenvalue weighted by Gasteiger charge is -2.34. The number of nitrogens with two attached hydrogens (primary N) is 1. The molecule has 2 N–H and O–H groups in total. The first-order valence-electron chi connectivity index (χ1n) is 8.76. The topological polar surface area (TPSA) is 94.5 Å². The summed E-state index contributed by atoms with van der Waals surface area (Å²) in [5, 5.41) is 4.06. The number of rotatable bonds is 5. The molecular weight excluding hydrogens is 356 g/mol. The van der Waals surface area contributed by atoms with Gasteiger partial charge >= 0.3 is 0 Å². The molecule has 4 rings (SSSR count). The number of amides is 1. The number of aromatic nitrogens is 2. The molecule has 26 heavy (non-hydrogen) atoms. The van der Waals surface area contributed by atoms with Crippen molar-refractivity contribution in [1.29, 1.82) is 0 Å². The molecule has 1 amide bonds. The van der Waals surface area contributed by atoms with E-state index in [-0.39, 0.29) is 24.2 Å². The summed E-state index contributed by atoms with van der Waals surface area (Å²) in [6.07, 6.45) is 3.19. The molecule has 1 saturated carbocycles. The lowest BCUT2D eigenvalue weighted by molar-refractivity contribution is -0.117. The normalized spacial score (nSPS) is 21.2. The van der Waals surface area contributed by atoms with Gasteiger partial charge in [0.1, 0.15) is 5.75 Å². The van der Waals surface area contributed by atoms with Crippen molar-refractivity contribution in [3.8, 4) is 5.75 Å². The van der Waals surface area contributed by atoms with Crippen molar-refractivity contribution in [2.45, 2.75) is 44.1 Å². The molecule has 8 heteroatoms. The van der Waals surface area contributed by atoms with Crippen LogP contribution in [-0.4, -0.2) is 29.2 Å². The van der Waals surface area contributed by atoms with E-state index in [0.29, 0.717) is 37.0 Å². The Kier molecular flexibility index (Phi) is 5.20. The van der Waals surface area contributed by atoms with Crippen molar-refractivity contribution < 1.29 is 14.1 Å². The highest BCUT2D eigenvalue weighted by molar-refractivity contribution is 5.97. The second kappa shape index (κ2) is 7.25. The minimum absolute atomic E-state index is 0. The van der Waals surface area contributed by atoms with Crippen LogP contribution in [0.25, 0.3) is 0 Å². The van der Waals surface area contributed by atoms with Crippen LogP contribution in [0.15, 0.2) is 28.8 Å². The van der Waals surface area contributed by atoms with Crippen LogP contribution >= 0.6 is 12.4 Å². The Bertz CT molecular complexity index is 790. The number of carbonyl (C=O) groups excluding carboxylic acids is 1. The highest BCUT2D eigenvalue weighted by atomic mass is 35.5. The van der Waals surface area contributed by atoms with Gasteiger partial charge in [0.05, 0.1) is 23.8 Å². The van der Waals surface area contributed by atoms with E-state index in [1.807, 2.05) is 31.2 Å². The first kappa shape index (κ1) is 18.7. The SMILES string of the molecule is CCOc1ccccc1N1CC(c2nc(C3(N)CCC3)no2)CC1=O.Cl. The molecule has 1 atom stereocenters. The average Bonchev–Trinajstić information content (AvgIpc) is 3.21.